The van der Waals surface area contributed by atoms with E-state index in [9.17, 15) is 9.59 Å². The third kappa shape index (κ3) is 4.47. The first-order valence-electron chi connectivity index (χ1n) is 4.83. The molecule has 1 aromatic rings. The number of carbonyl (C=O) groups is 2. The number of hydrogen-bond acceptors (Lipinski definition) is 6. The number of nitrogens with zero attached hydrogens (tertiary/aromatic N) is 1. The van der Waals surface area contributed by atoms with Crippen molar-refractivity contribution in [3.05, 3.63) is 11.1 Å². The van der Waals surface area contributed by atoms with Gasteiger partial charge in [0.15, 0.2) is 5.13 Å². The smallest absolute Gasteiger partial charge is 0.270 e. The molecule has 7 nitrogen and oxygen atoms in total. The van der Waals surface area contributed by atoms with Gasteiger partial charge in [0.2, 0.25) is 5.91 Å². The van der Waals surface area contributed by atoms with E-state index in [1.165, 1.54) is 12.3 Å². The second kappa shape index (κ2) is 6.28. The van der Waals surface area contributed by atoms with E-state index in [0.717, 1.165) is 11.3 Å². The number of hydrogen-bond donors (Lipinski definition) is 4. The Morgan fingerprint density at radius 3 is 2.88 bits per heavy atom. The molecule has 0 fully saturated rings. The van der Waals surface area contributed by atoms with Gasteiger partial charge in [0.1, 0.15) is 5.69 Å². The molecule has 0 aliphatic rings. The number of amides is 2. The molecule has 0 aliphatic heterocycles. The standard InChI is InChI=1S/C9H13N3O4S/c1-5(14)11-9-12-7(4-17-9)8(16)10-2-6(15)3-13/h4,6,13,15H,2-3H2,1H3,(H,10,16)(H,11,12,14). The van der Waals surface area contributed by atoms with Crippen LogP contribution >= 0.6 is 11.3 Å². The van der Waals surface area contributed by atoms with Crippen LogP contribution in [0.25, 0.3) is 0 Å². The summed E-state index contributed by atoms with van der Waals surface area (Å²) >= 11 is 1.13. The molecule has 1 rings (SSSR count). The first-order chi connectivity index (χ1) is 8.02. The van der Waals surface area contributed by atoms with E-state index in [1.807, 2.05) is 0 Å². The Morgan fingerprint density at radius 1 is 1.59 bits per heavy atom. The molecule has 2 amide bonds. The zero-order chi connectivity index (χ0) is 12.8. The van der Waals surface area contributed by atoms with Gasteiger partial charge < -0.3 is 20.8 Å². The van der Waals surface area contributed by atoms with Crippen LogP contribution in [0.15, 0.2) is 5.38 Å². The van der Waals surface area contributed by atoms with Gasteiger partial charge in [0, 0.05) is 18.8 Å². The summed E-state index contributed by atoms with van der Waals surface area (Å²) in [5.74, 6) is -0.729. The Bertz CT molecular complexity index is 407. The third-order valence-corrected chi connectivity index (χ3v) is 2.49. The minimum Gasteiger partial charge on any atom is -0.394 e. The summed E-state index contributed by atoms with van der Waals surface area (Å²) in [7, 11) is 0. The molecule has 0 saturated carbocycles. The highest BCUT2D eigenvalue weighted by atomic mass is 32.1. The Balaban J connectivity index is 2.52. The van der Waals surface area contributed by atoms with E-state index in [1.54, 1.807) is 0 Å². The number of aliphatic hydroxyl groups excluding tert-OH is 2. The SMILES string of the molecule is CC(=O)Nc1nc(C(=O)NCC(O)CO)cs1. The second-order valence-corrected chi connectivity index (χ2v) is 4.12. The fourth-order valence-electron chi connectivity index (χ4n) is 0.952. The molecule has 94 valence electrons. The summed E-state index contributed by atoms with van der Waals surface area (Å²) in [6.07, 6.45) is -0.993. The fourth-order valence-corrected chi connectivity index (χ4v) is 1.69. The van der Waals surface area contributed by atoms with Crippen LogP contribution in [0.5, 0.6) is 0 Å². The molecule has 1 atom stereocenters. The number of anilines is 1. The van der Waals surface area contributed by atoms with Gasteiger partial charge in [-0.2, -0.15) is 0 Å². The van der Waals surface area contributed by atoms with E-state index in [-0.39, 0.29) is 18.1 Å². The molecule has 1 unspecified atom stereocenters. The largest absolute Gasteiger partial charge is 0.394 e. The second-order valence-electron chi connectivity index (χ2n) is 3.27. The number of rotatable bonds is 5. The average Bonchev–Trinajstić information content (AvgIpc) is 2.72. The van der Waals surface area contributed by atoms with Crippen LogP contribution in [0.3, 0.4) is 0 Å². The lowest BCUT2D eigenvalue weighted by molar-refractivity contribution is -0.114. The van der Waals surface area contributed by atoms with Crippen LogP contribution in [-0.2, 0) is 4.79 Å². The van der Waals surface area contributed by atoms with Gasteiger partial charge in [-0.1, -0.05) is 0 Å². The Labute approximate surface area is 101 Å². The Morgan fingerprint density at radius 2 is 2.29 bits per heavy atom. The summed E-state index contributed by atoms with van der Waals surface area (Å²) < 4.78 is 0. The lowest BCUT2D eigenvalue weighted by Crippen LogP contribution is -2.34. The van der Waals surface area contributed by atoms with Gasteiger partial charge in [0.05, 0.1) is 12.7 Å². The molecule has 17 heavy (non-hydrogen) atoms. The molecular formula is C9H13N3O4S. The molecule has 1 aromatic heterocycles. The molecule has 0 spiro atoms. The van der Waals surface area contributed by atoms with Crippen molar-refractivity contribution < 1.29 is 19.8 Å². The van der Waals surface area contributed by atoms with Crippen LogP contribution in [-0.4, -0.2) is 46.3 Å². The number of aromatic nitrogens is 1. The van der Waals surface area contributed by atoms with Crippen molar-refractivity contribution in [2.75, 3.05) is 18.5 Å². The Hall–Kier alpha value is -1.51. The van der Waals surface area contributed by atoms with E-state index >= 15 is 0 Å². The lowest BCUT2D eigenvalue weighted by Gasteiger charge is -2.07. The number of aliphatic hydroxyl groups is 2. The highest BCUT2D eigenvalue weighted by Crippen LogP contribution is 2.14. The lowest BCUT2D eigenvalue weighted by atomic mass is 10.3. The predicted molar refractivity (Wildman–Crippen MR) is 61.8 cm³/mol. The van der Waals surface area contributed by atoms with Crippen LogP contribution in [0, 0.1) is 0 Å². The van der Waals surface area contributed by atoms with Crippen LogP contribution < -0.4 is 10.6 Å². The minimum absolute atomic E-state index is 0.0532. The number of thiazole rings is 1. The van der Waals surface area contributed by atoms with E-state index in [2.05, 4.69) is 15.6 Å². The maximum atomic E-state index is 11.5. The van der Waals surface area contributed by atoms with Crippen molar-refractivity contribution in [2.45, 2.75) is 13.0 Å². The summed E-state index contributed by atoms with van der Waals surface area (Å²) in [4.78, 5) is 26.1. The topological polar surface area (TPSA) is 112 Å². The maximum absolute atomic E-state index is 11.5. The molecule has 0 aromatic carbocycles. The monoisotopic (exact) mass is 259 g/mol. The molecule has 1 heterocycles. The van der Waals surface area contributed by atoms with E-state index in [4.69, 9.17) is 10.2 Å². The third-order valence-electron chi connectivity index (χ3n) is 1.73. The summed E-state index contributed by atoms with van der Waals surface area (Å²) in [6, 6.07) is 0. The van der Waals surface area contributed by atoms with Gasteiger partial charge in [-0.3, -0.25) is 9.59 Å². The van der Waals surface area contributed by atoms with Crippen molar-refractivity contribution in [2.24, 2.45) is 0 Å². The predicted octanol–water partition coefficient (Wildman–Crippen LogP) is -0.816. The summed E-state index contributed by atoms with van der Waals surface area (Å²) in [6.45, 7) is 0.871. The summed E-state index contributed by atoms with van der Waals surface area (Å²) in [5, 5.41) is 24.3. The minimum atomic E-state index is -0.993. The quantitative estimate of drug-likeness (QED) is 0.552. The fraction of sp³-hybridized carbons (Fsp3) is 0.444. The van der Waals surface area contributed by atoms with Gasteiger partial charge in [-0.05, 0) is 0 Å². The summed E-state index contributed by atoms with van der Waals surface area (Å²) in [5.41, 5.74) is 0.156. The van der Waals surface area contributed by atoms with Gasteiger partial charge in [0.25, 0.3) is 5.91 Å². The van der Waals surface area contributed by atoms with Crippen molar-refractivity contribution >= 4 is 28.3 Å². The molecule has 8 heteroatoms. The van der Waals surface area contributed by atoms with Crippen LogP contribution in [0.2, 0.25) is 0 Å². The van der Waals surface area contributed by atoms with E-state index < -0.39 is 18.6 Å². The molecule has 4 N–H and O–H groups in total. The maximum Gasteiger partial charge on any atom is 0.270 e. The average molecular weight is 259 g/mol. The zero-order valence-corrected chi connectivity index (χ0v) is 9.95. The molecular weight excluding hydrogens is 246 g/mol. The number of carbonyl (C=O) groups excluding carboxylic acids is 2. The van der Waals surface area contributed by atoms with E-state index in [0.29, 0.717) is 5.13 Å². The van der Waals surface area contributed by atoms with Crippen molar-refractivity contribution in [1.29, 1.82) is 0 Å². The highest BCUT2D eigenvalue weighted by molar-refractivity contribution is 7.14. The normalized spacial score (nSPS) is 11.9. The molecule has 0 bridgehead atoms. The first kappa shape index (κ1) is 13.6. The van der Waals surface area contributed by atoms with Crippen molar-refractivity contribution in [3.8, 4) is 0 Å². The van der Waals surface area contributed by atoms with Gasteiger partial charge in [-0.25, -0.2) is 4.98 Å². The molecule has 0 saturated heterocycles. The van der Waals surface area contributed by atoms with Crippen molar-refractivity contribution in [3.63, 3.8) is 0 Å². The number of nitrogens with one attached hydrogen (secondary N) is 2. The first-order valence-corrected chi connectivity index (χ1v) is 5.71. The van der Waals surface area contributed by atoms with Gasteiger partial charge in [-0.15, -0.1) is 11.3 Å². The van der Waals surface area contributed by atoms with Crippen LogP contribution in [0.1, 0.15) is 17.4 Å². The molecule has 0 radical (unpaired) electrons. The van der Waals surface area contributed by atoms with Crippen molar-refractivity contribution in [1.82, 2.24) is 10.3 Å². The van der Waals surface area contributed by atoms with Crippen LogP contribution in [0.4, 0.5) is 5.13 Å². The molecule has 0 aliphatic carbocycles. The highest BCUT2D eigenvalue weighted by Gasteiger charge is 2.12. The zero-order valence-electron chi connectivity index (χ0n) is 9.14. The Kier molecular flexibility index (Phi) is 5.01. The van der Waals surface area contributed by atoms with Gasteiger partial charge >= 0.3 is 0 Å².